The van der Waals surface area contributed by atoms with Crippen molar-refractivity contribution in [1.82, 2.24) is 10.2 Å². The Hall–Kier alpha value is -3.43. The van der Waals surface area contributed by atoms with Crippen molar-refractivity contribution in [3.05, 3.63) is 76.8 Å². The minimum absolute atomic E-state index is 0.293. The van der Waals surface area contributed by atoms with Gasteiger partial charge in [0.15, 0.2) is 11.6 Å². The molecule has 0 aliphatic heterocycles. The molecule has 0 radical (unpaired) electrons. The van der Waals surface area contributed by atoms with E-state index in [9.17, 15) is 4.79 Å². The minimum atomic E-state index is -0.293. The summed E-state index contributed by atoms with van der Waals surface area (Å²) in [5.74, 6) is 0.568. The first-order valence-electron chi connectivity index (χ1n) is 7.32. The summed E-state index contributed by atoms with van der Waals surface area (Å²) in [5, 5.41) is 23.1. The number of aromatic nitrogens is 2. The Morgan fingerprint density at radius 3 is 2.16 bits per heavy atom. The van der Waals surface area contributed by atoms with Crippen LogP contribution in [-0.4, -0.2) is 16.1 Å². The lowest BCUT2D eigenvalue weighted by Crippen LogP contribution is -2.13. The first kappa shape index (κ1) is 16.4. The fourth-order valence-electron chi connectivity index (χ4n) is 2.03. The quantitative estimate of drug-likeness (QED) is 0.743. The van der Waals surface area contributed by atoms with Crippen LogP contribution in [0, 0.1) is 11.3 Å². The average molecular weight is 350 g/mol. The summed E-state index contributed by atoms with van der Waals surface area (Å²) in [6.07, 6.45) is 0. The van der Waals surface area contributed by atoms with Crippen molar-refractivity contribution < 1.29 is 4.79 Å². The zero-order valence-corrected chi connectivity index (χ0v) is 13.7. The lowest BCUT2D eigenvalue weighted by molar-refractivity contribution is 0.102. The highest BCUT2D eigenvalue weighted by Crippen LogP contribution is 2.16. The van der Waals surface area contributed by atoms with Crippen molar-refractivity contribution >= 4 is 34.8 Å². The van der Waals surface area contributed by atoms with Crippen LogP contribution in [-0.2, 0) is 0 Å². The highest BCUT2D eigenvalue weighted by molar-refractivity contribution is 6.30. The first-order valence-corrected chi connectivity index (χ1v) is 7.70. The van der Waals surface area contributed by atoms with E-state index in [-0.39, 0.29) is 5.91 Å². The topological polar surface area (TPSA) is 90.7 Å². The SMILES string of the molecule is N#Cc1ccc(Nc2ccc(NC(=O)c3ccc(Cl)cc3)nn2)cc1. The largest absolute Gasteiger partial charge is 0.339 e. The van der Waals surface area contributed by atoms with Gasteiger partial charge in [-0.2, -0.15) is 5.26 Å². The van der Waals surface area contributed by atoms with Gasteiger partial charge in [0.25, 0.3) is 5.91 Å². The van der Waals surface area contributed by atoms with Crippen LogP contribution in [0.15, 0.2) is 60.7 Å². The van der Waals surface area contributed by atoms with E-state index in [1.54, 1.807) is 60.7 Å². The molecule has 1 heterocycles. The van der Waals surface area contributed by atoms with E-state index in [1.165, 1.54) is 0 Å². The Morgan fingerprint density at radius 2 is 1.56 bits per heavy atom. The van der Waals surface area contributed by atoms with Gasteiger partial charge in [-0.25, -0.2) is 0 Å². The van der Waals surface area contributed by atoms with E-state index in [2.05, 4.69) is 26.9 Å². The number of halogens is 1. The normalized spacial score (nSPS) is 9.92. The molecule has 25 heavy (non-hydrogen) atoms. The molecule has 0 saturated heterocycles. The number of nitrogens with zero attached hydrogens (tertiary/aromatic N) is 3. The van der Waals surface area contributed by atoms with E-state index in [1.807, 2.05) is 0 Å². The van der Waals surface area contributed by atoms with Crippen molar-refractivity contribution in [2.45, 2.75) is 0 Å². The number of nitriles is 1. The highest BCUT2D eigenvalue weighted by Gasteiger charge is 2.07. The second-order valence-electron chi connectivity index (χ2n) is 5.08. The van der Waals surface area contributed by atoms with Gasteiger partial charge in [0.2, 0.25) is 0 Å². The molecule has 6 nitrogen and oxygen atoms in total. The van der Waals surface area contributed by atoms with Crippen molar-refractivity contribution in [1.29, 1.82) is 5.26 Å². The Balaban J connectivity index is 1.64. The van der Waals surface area contributed by atoms with Gasteiger partial charge in [0.05, 0.1) is 11.6 Å². The molecule has 0 saturated carbocycles. The Morgan fingerprint density at radius 1 is 0.920 bits per heavy atom. The molecule has 3 rings (SSSR count). The third kappa shape index (κ3) is 4.31. The Labute approximate surface area is 149 Å². The maximum absolute atomic E-state index is 12.1. The summed E-state index contributed by atoms with van der Waals surface area (Å²) in [6, 6.07) is 18.9. The van der Waals surface area contributed by atoms with Crippen molar-refractivity contribution in [3.63, 3.8) is 0 Å². The van der Waals surface area contributed by atoms with Gasteiger partial charge in [-0.05, 0) is 60.7 Å². The molecule has 0 spiro atoms. The second kappa shape index (κ2) is 7.43. The zero-order chi connectivity index (χ0) is 17.6. The predicted octanol–water partition coefficient (Wildman–Crippen LogP) is 4.00. The van der Waals surface area contributed by atoms with Gasteiger partial charge in [-0.1, -0.05) is 11.6 Å². The zero-order valence-electron chi connectivity index (χ0n) is 12.9. The maximum Gasteiger partial charge on any atom is 0.256 e. The standard InChI is InChI=1S/C18H12ClN5O/c19-14-5-3-13(4-6-14)18(25)22-17-10-9-16(23-24-17)21-15-7-1-12(11-20)2-8-15/h1-10H,(H,21,23)(H,22,24,25). The molecule has 1 amide bonds. The van der Waals surface area contributed by atoms with Crippen molar-refractivity contribution in [2.75, 3.05) is 10.6 Å². The van der Waals surface area contributed by atoms with Crippen LogP contribution in [0.25, 0.3) is 0 Å². The fourth-order valence-corrected chi connectivity index (χ4v) is 2.16. The molecule has 2 N–H and O–H groups in total. The number of carbonyl (C=O) groups excluding carboxylic acids is 1. The predicted molar refractivity (Wildman–Crippen MR) is 95.9 cm³/mol. The molecular weight excluding hydrogens is 338 g/mol. The van der Waals surface area contributed by atoms with Crippen LogP contribution in [0.4, 0.5) is 17.3 Å². The van der Waals surface area contributed by atoms with E-state index in [0.29, 0.717) is 27.8 Å². The molecular formula is C18H12ClN5O. The summed E-state index contributed by atoms with van der Waals surface area (Å²) in [6.45, 7) is 0. The molecule has 1 aromatic heterocycles. The third-order valence-electron chi connectivity index (χ3n) is 3.30. The number of benzene rings is 2. The van der Waals surface area contributed by atoms with Crippen LogP contribution in [0.5, 0.6) is 0 Å². The van der Waals surface area contributed by atoms with Gasteiger partial charge in [0.1, 0.15) is 0 Å². The van der Waals surface area contributed by atoms with Gasteiger partial charge in [-0.15, -0.1) is 10.2 Å². The molecule has 0 aliphatic carbocycles. The molecule has 0 fully saturated rings. The molecule has 122 valence electrons. The van der Waals surface area contributed by atoms with Gasteiger partial charge in [0, 0.05) is 16.3 Å². The number of carbonyl (C=O) groups is 1. The Bertz CT molecular complexity index is 916. The number of amides is 1. The summed E-state index contributed by atoms with van der Waals surface area (Å²) in [7, 11) is 0. The monoisotopic (exact) mass is 349 g/mol. The number of hydrogen-bond acceptors (Lipinski definition) is 5. The average Bonchev–Trinajstić information content (AvgIpc) is 2.64. The van der Waals surface area contributed by atoms with E-state index in [4.69, 9.17) is 16.9 Å². The van der Waals surface area contributed by atoms with E-state index < -0.39 is 0 Å². The summed E-state index contributed by atoms with van der Waals surface area (Å²) in [5.41, 5.74) is 1.84. The molecule has 0 atom stereocenters. The fraction of sp³-hybridized carbons (Fsp3) is 0. The summed E-state index contributed by atoms with van der Waals surface area (Å²) >= 11 is 5.80. The molecule has 0 aliphatic rings. The van der Waals surface area contributed by atoms with Crippen LogP contribution in [0.2, 0.25) is 5.02 Å². The maximum atomic E-state index is 12.1. The highest BCUT2D eigenvalue weighted by atomic mass is 35.5. The third-order valence-corrected chi connectivity index (χ3v) is 3.55. The second-order valence-corrected chi connectivity index (χ2v) is 5.52. The lowest BCUT2D eigenvalue weighted by atomic mass is 10.2. The summed E-state index contributed by atoms with van der Waals surface area (Å²) < 4.78 is 0. The van der Waals surface area contributed by atoms with E-state index >= 15 is 0 Å². The molecule has 3 aromatic rings. The van der Waals surface area contributed by atoms with Crippen LogP contribution < -0.4 is 10.6 Å². The van der Waals surface area contributed by atoms with E-state index in [0.717, 1.165) is 5.69 Å². The van der Waals surface area contributed by atoms with Crippen molar-refractivity contribution in [2.24, 2.45) is 0 Å². The minimum Gasteiger partial charge on any atom is -0.339 e. The lowest BCUT2D eigenvalue weighted by Gasteiger charge is -2.07. The van der Waals surface area contributed by atoms with Gasteiger partial charge >= 0.3 is 0 Å². The molecule has 7 heteroatoms. The molecule has 0 bridgehead atoms. The number of rotatable bonds is 4. The van der Waals surface area contributed by atoms with Crippen LogP contribution >= 0.6 is 11.6 Å². The van der Waals surface area contributed by atoms with Gasteiger partial charge in [-0.3, -0.25) is 4.79 Å². The van der Waals surface area contributed by atoms with Crippen molar-refractivity contribution in [3.8, 4) is 6.07 Å². The molecule has 2 aromatic carbocycles. The van der Waals surface area contributed by atoms with Crippen LogP contribution in [0.1, 0.15) is 15.9 Å². The smallest absolute Gasteiger partial charge is 0.256 e. The first-order chi connectivity index (χ1) is 12.1. The number of anilines is 3. The Kier molecular flexibility index (Phi) is 4.88. The molecule has 0 unspecified atom stereocenters. The summed E-state index contributed by atoms with van der Waals surface area (Å²) in [4.78, 5) is 12.1. The van der Waals surface area contributed by atoms with Crippen LogP contribution in [0.3, 0.4) is 0 Å². The number of hydrogen-bond donors (Lipinski definition) is 2. The number of nitrogens with one attached hydrogen (secondary N) is 2. The van der Waals surface area contributed by atoms with Gasteiger partial charge < -0.3 is 10.6 Å².